The highest BCUT2D eigenvalue weighted by atomic mass is 35.5. The van der Waals surface area contributed by atoms with Gasteiger partial charge in [-0.25, -0.2) is 0 Å². The van der Waals surface area contributed by atoms with Crippen molar-refractivity contribution in [3.8, 4) is 0 Å². The highest BCUT2D eigenvalue weighted by molar-refractivity contribution is 6.74. The summed E-state index contributed by atoms with van der Waals surface area (Å²) >= 11 is 12.6. The fourth-order valence-corrected chi connectivity index (χ4v) is 10.1. The van der Waals surface area contributed by atoms with Gasteiger partial charge in [-0.05, 0) is 103 Å². The van der Waals surface area contributed by atoms with Crippen molar-refractivity contribution < 1.29 is 14.6 Å². The Balaban J connectivity index is 1.60. The molecule has 32 heavy (non-hydrogen) atoms. The van der Waals surface area contributed by atoms with Gasteiger partial charge >= 0.3 is 0 Å². The van der Waals surface area contributed by atoms with Crippen molar-refractivity contribution in [3.63, 3.8) is 0 Å². The molecule has 4 aliphatic carbocycles. The van der Waals surface area contributed by atoms with E-state index in [-0.39, 0.29) is 33.8 Å². The van der Waals surface area contributed by atoms with Gasteiger partial charge in [-0.3, -0.25) is 0 Å². The van der Waals surface area contributed by atoms with Gasteiger partial charge in [0, 0.05) is 6.10 Å². The summed E-state index contributed by atoms with van der Waals surface area (Å²) in [4.78, 5) is 0. The quantitative estimate of drug-likeness (QED) is 0.397. The Labute approximate surface area is 206 Å². The molecule has 0 bridgehead atoms. The Bertz CT molecular complexity index is 774. The third kappa shape index (κ3) is 3.78. The molecule has 0 aliphatic heterocycles. The molecule has 0 aromatic carbocycles. The lowest BCUT2D eigenvalue weighted by Gasteiger charge is -2.63. The predicted molar refractivity (Wildman–Crippen MR) is 135 cm³/mol. The van der Waals surface area contributed by atoms with Crippen molar-refractivity contribution in [2.45, 2.75) is 116 Å². The lowest BCUT2D eigenvalue weighted by molar-refractivity contribution is -0.217. The molecular formula is C26H44Cl2O3Si. The average molecular weight is 504 g/mol. The minimum atomic E-state index is -1.87. The van der Waals surface area contributed by atoms with Crippen molar-refractivity contribution in [3.05, 3.63) is 10.1 Å². The Morgan fingerprint density at radius 2 is 1.62 bits per heavy atom. The highest BCUT2D eigenvalue weighted by Crippen LogP contribution is 2.68. The summed E-state index contributed by atoms with van der Waals surface area (Å²) in [5, 5.41) is 23.1. The molecule has 0 radical (unpaired) electrons. The number of aliphatic hydroxyl groups is 2. The lowest BCUT2D eigenvalue weighted by atomic mass is 9.43. The first-order valence-corrected chi connectivity index (χ1v) is 16.4. The van der Waals surface area contributed by atoms with Gasteiger partial charge < -0.3 is 14.6 Å². The zero-order chi connectivity index (χ0) is 23.9. The van der Waals surface area contributed by atoms with E-state index in [1.165, 1.54) is 5.57 Å². The van der Waals surface area contributed by atoms with E-state index in [0.29, 0.717) is 16.3 Å². The van der Waals surface area contributed by atoms with Crippen LogP contribution in [0.3, 0.4) is 0 Å². The van der Waals surface area contributed by atoms with Gasteiger partial charge in [0.05, 0.1) is 12.2 Å². The van der Waals surface area contributed by atoms with Crippen LogP contribution < -0.4 is 0 Å². The van der Waals surface area contributed by atoms with Crippen molar-refractivity contribution >= 4 is 31.5 Å². The fraction of sp³-hybridized carbons (Fsp3) is 0.923. The highest BCUT2D eigenvalue weighted by Gasteiger charge is 2.64. The zero-order valence-corrected chi connectivity index (χ0v) is 23.6. The molecule has 4 saturated carbocycles. The number of hydrogen-bond donors (Lipinski definition) is 2. The normalized spacial score (nSPS) is 47.0. The third-order valence-corrected chi connectivity index (χ3v) is 16.0. The molecule has 0 saturated heterocycles. The summed E-state index contributed by atoms with van der Waals surface area (Å²) in [6.07, 6.45) is 5.91. The number of rotatable bonds is 2. The molecule has 3 nitrogen and oxygen atoms in total. The second-order valence-corrected chi connectivity index (χ2v) is 19.1. The second kappa shape index (κ2) is 8.23. The Kier molecular flexibility index (Phi) is 6.56. The summed E-state index contributed by atoms with van der Waals surface area (Å²) in [6, 6.07) is 0. The Morgan fingerprint density at radius 3 is 2.22 bits per heavy atom. The van der Waals surface area contributed by atoms with Crippen LogP contribution in [-0.4, -0.2) is 36.8 Å². The molecule has 9 atom stereocenters. The molecule has 0 spiro atoms. The van der Waals surface area contributed by atoms with Gasteiger partial charge in [0.1, 0.15) is 4.49 Å². The number of halogens is 2. The number of hydrogen-bond acceptors (Lipinski definition) is 3. The van der Waals surface area contributed by atoms with Crippen molar-refractivity contribution in [1.82, 2.24) is 0 Å². The SMILES string of the molecule is CC(C)(C)[Si](C)(C)O[C@H]1CC[C@]2(C)C3CC[C@]4(C)C(=C(Cl)Cl)CCC4C3C(O)[C@H](O)C2C1. The van der Waals surface area contributed by atoms with Crippen LogP contribution in [0.4, 0.5) is 0 Å². The van der Waals surface area contributed by atoms with Gasteiger partial charge in [0.2, 0.25) is 0 Å². The first kappa shape index (κ1) is 25.5. The summed E-state index contributed by atoms with van der Waals surface area (Å²) in [7, 11) is -1.87. The van der Waals surface area contributed by atoms with Crippen LogP contribution in [0, 0.1) is 34.5 Å². The van der Waals surface area contributed by atoms with Crippen LogP contribution in [0.25, 0.3) is 0 Å². The molecule has 0 amide bonds. The maximum Gasteiger partial charge on any atom is 0.192 e. The van der Waals surface area contributed by atoms with E-state index >= 15 is 0 Å². The van der Waals surface area contributed by atoms with E-state index in [0.717, 1.165) is 44.9 Å². The van der Waals surface area contributed by atoms with E-state index < -0.39 is 20.5 Å². The van der Waals surface area contributed by atoms with Crippen molar-refractivity contribution in [2.75, 3.05) is 0 Å². The predicted octanol–water partition coefficient (Wildman–Crippen LogP) is 7.05. The first-order valence-electron chi connectivity index (χ1n) is 12.7. The van der Waals surface area contributed by atoms with Crippen LogP contribution in [0.2, 0.25) is 18.1 Å². The Morgan fingerprint density at radius 1 is 0.969 bits per heavy atom. The third-order valence-electron chi connectivity index (χ3n) is 11.0. The summed E-state index contributed by atoms with van der Waals surface area (Å²) in [5.74, 6) is 0.992. The van der Waals surface area contributed by atoms with E-state index in [4.69, 9.17) is 27.6 Å². The van der Waals surface area contributed by atoms with Crippen LogP contribution in [-0.2, 0) is 4.43 Å². The molecule has 184 valence electrons. The number of allylic oxidation sites excluding steroid dienone is 1. The molecule has 2 N–H and O–H groups in total. The van der Waals surface area contributed by atoms with Gasteiger partial charge in [0.25, 0.3) is 0 Å². The van der Waals surface area contributed by atoms with Gasteiger partial charge in [-0.15, -0.1) is 0 Å². The van der Waals surface area contributed by atoms with Crippen molar-refractivity contribution in [2.24, 2.45) is 34.5 Å². The molecule has 4 aliphatic rings. The van der Waals surface area contributed by atoms with E-state index in [2.05, 4.69) is 47.7 Å². The first-order chi connectivity index (χ1) is 14.6. The average Bonchev–Trinajstić information content (AvgIpc) is 3.03. The van der Waals surface area contributed by atoms with E-state index in [1.807, 2.05) is 0 Å². The molecule has 6 heteroatoms. The molecule has 0 heterocycles. The smallest absolute Gasteiger partial charge is 0.192 e. The minimum absolute atomic E-state index is 0.0491. The summed E-state index contributed by atoms with van der Waals surface area (Å²) < 4.78 is 7.22. The Hall–Kier alpha value is 0.417. The monoisotopic (exact) mass is 502 g/mol. The van der Waals surface area contributed by atoms with Crippen LogP contribution in [0.1, 0.15) is 79.6 Å². The maximum atomic E-state index is 11.5. The summed E-state index contributed by atoms with van der Waals surface area (Å²) in [5.41, 5.74) is 1.17. The van der Waals surface area contributed by atoms with Crippen LogP contribution >= 0.6 is 23.2 Å². The number of fused-ring (bicyclic) bond motifs is 5. The molecule has 0 aromatic rings. The maximum absolute atomic E-state index is 11.5. The molecule has 0 aromatic heterocycles. The molecule has 5 unspecified atom stereocenters. The zero-order valence-electron chi connectivity index (χ0n) is 21.0. The van der Waals surface area contributed by atoms with Crippen LogP contribution in [0.15, 0.2) is 10.1 Å². The molecule has 4 rings (SSSR count). The fourth-order valence-electron chi connectivity index (χ4n) is 8.05. The minimum Gasteiger partial charge on any atom is -0.414 e. The standard InChI is InChI=1S/C26H44Cl2O3Si/c1-24(2,3)32(6,7)31-15-10-12-26(5)17-11-13-25(4)16(8-9-18(25)23(27)28)20(17)22(30)21(29)19(26)14-15/h15-17,19-22,29-30H,8-14H2,1-7H3/t15-,16?,17?,19?,20?,21+,22?,25-,26+/m0/s1. The number of aliphatic hydroxyl groups excluding tert-OH is 2. The van der Waals surface area contributed by atoms with Crippen molar-refractivity contribution in [1.29, 1.82) is 0 Å². The lowest BCUT2D eigenvalue weighted by Crippen LogP contribution is -2.64. The van der Waals surface area contributed by atoms with Gasteiger partial charge in [-0.1, -0.05) is 57.8 Å². The second-order valence-electron chi connectivity index (χ2n) is 13.4. The topological polar surface area (TPSA) is 49.7 Å². The van der Waals surface area contributed by atoms with Crippen LogP contribution in [0.5, 0.6) is 0 Å². The van der Waals surface area contributed by atoms with E-state index in [9.17, 15) is 10.2 Å². The van der Waals surface area contributed by atoms with Gasteiger partial charge in [-0.2, -0.15) is 0 Å². The largest absolute Gasteiger partial charge is 0.414 e. The molecular weight excluding hydrogens is 459 g/mol. The van der Waals surface area contributed by atoms with Gasteiger partial charge in [0.15, 0.2) is 8.32 Å². The van der Waals surface area contributed by atoms with E-state index in [1.54, 1.807) is 0 Å². The molecule has 4 fully saturated rings. The summed E-state index contributed by atoms with van der Waals surface area (Å²) in [6.45, 7) is 16.2.